The van der Waals surface area contributed by atoms with Crippen LogP contribution in [0, 0.1) is 11.8 Å². The van der Waals surface area contributed by atoms with Crippen LogP contribution >= 0.6 is 23.2 Å². The van der Waals surface area contributed by atoms with Crippen molar-refractivity contribution < 1.29 is 14.4 Å². The quantitative estimate of drug-likeness (QED) is 0.635. The first-order valence-corrected chi connectivity index (χ1v) is 6.58. The van der Waals surface area contributed by atoms with Gasteiger partial charge in [0.2, 0.25) is 11.8 Å². The van der Waals surface area contributed by atoms with Crippen LogP contribution in [0.1, 0.15) is 16.8 Å². The highest BCUT2D eigenvalue weighted by atomic mass is 35.5. The zero-order valence-corrected chi connectivity index (χ0v) is 11.2. The number of imide groups is 1. The fourth-order valence-electron chi connectivity index (χ4n) is 2.35. The molecule has 4 nitrogen and oxygen atoms in total. The highest BCUT2D eigenvalue weighted by Gasteiger charge is 2.59. The summed E-state index contributed by atoms with van der Waals surface area (Å²) in [6.45, 7) is -0.259. The number of carbonyl (C=O) groups is 3. The predicted molar refractivity (Wildman–Crippen MR) is 69.1 cm³/mol. The Hall–Kier alpha value is -1.39. The molecule has 0 aromatic heterocycles. The number of amides is 2. The van der Waals surface area contributed by atoms with Crippen molar-refractivity contribution in [1.29, 1.82) is 0 Å². The van der Waals surface area contributed by atoms with Crippen molar-refractivity contribution in [3.8, 4) is 0 Å². The van der Waals surface area contributed by atoms with Crippen LogP contribution in [0.4, 0.5) is 0 Å². The number of piperidine rings is 1. The average molecular weight is 298 g/mol. The lowest BCUT2D eigenvalue weighted by Crippen LogP contribution is -2.37. The van der Waals surface area contributed by atoms with Gasteiger partial charge >= 0.3 is 0 Å². The molecule has 1 aliphatic heterocycles. The smallest absolute Gasteiger partial charge is 0.233 e. The zero-order valence-electron chi connectivity index (χ0n) is 9.73. The Labute approximate surface area is 119 Å². The summed E-state index contributed by atoms with van der Waals surface area (Å²) in [6.07, 6.45) is 0.625. The van der Waals surface area contributed by atoms with Crippen LogP contribution in [0.15, 0.2) is 18.2 Å². The number of ketones is 1. The normalized spacial score (nSPS) is 24.6. The molecule has 1 aromatic rings. The van der Waals surface area contributed by atoms with Gasteiger partial charge in [0.25, 0.3) is 0 Å². The van der Waals surface area contributed by atoms with E-state index in [1.807, 2.05) is 0 Å². The number of benzene rings is 1. The lowest BCUT2D eigenvalue weighted by molar-refractivity contribution is -0.140. The first-order chi connectivity index (χ1) is 8.99. The number of nitrogens with zero attached hydrogens (tertiary/aromatic N) is 1. The standard InChI is InChI=1S/C13H9Cl2NO3/c14-6-1-2-10(15)9(3-6)11(17)5-16-12(18)7-4-8(7)13(16)19/h1-3,7-8H,4-5H2. The number of rotatable bonds is 3. The van der Waals surface area contributed by atoms with Crippen molar-refractivity contribution in [2.45, 2.75) is 6.42 Å². The molecule has 0 N–H and O–H groups in total. The van der Waals surface area contributed by atoms with Crippen LogP contribution in [-0.4, -0.2) is 29.0 Å². The molecule has 19 heavy (non-hydrogen) atoms. The number of halogens is 2. The Bertz CT molecular complexity index is 594. The van der Waals surface area contributed by atoms with Crippen molar-refractivity contribution in [1.82, 2.24) is 4.90 Å². The van der Waals surface area contributed by atoms with Gasteiger partial charge in [0.15, 0.2) is 5.78 Å². The highest BCUT2D eigenvalue weighted by Crippen LogP contribution is 2.46. The number of hydrogen-bond acceptors (Lipinski definition) is 3. The van der Waals surface area contributed by atoms with E-state index in [2.05, 4.69) is 0 Å². The molecule has 2 unspecified atom stereocenters. The van der Waals surface area contributed by atoms with E-state index in [1.165, 1.54) is 12.1 Å². The lowest BCUT2D eigenvalue weighted by atomic mass is 10.1. The second kappa shape index (κ2) is 4.32. The molecular formula is C13H9Cl2NO3. The second-order valence-corrected chi connectivity index (χ2v) is 5.60. The minimum absolute atomic E-state index is 0.199. The molecule has 3 rings (SSSR count). The molecule has 1 aliphatic carbocycles. The third-order valence-corrected chi connectivity index (χ3v) is 4.05. The van der Waals surface area contributed by atoms with Gasteiger partial charge in [-0.25, -0.2) is 0 Å². The fraction of sp³-hybridized carbons (Fsp3) is 0.308. The van der Waals surface area contributed by atoms with Crippen LogP contribution in [0.5, 0.6) is 0 Å². The Morgan fingerprint density at radius 1 is 1.21 bits per heavy atom. The molecule has 2 aliphatic rings. The number of carbonyl (C=O) groups excluding carboxylic acids is 3. The van der Waals surface area contributed by atoms with Crippen molar-refractivity contribution in [3.63, 3.8) is 0 Å². The highest BCUT2D eigenvalue weighted by molar-refractivity contribution is 6.36. The fourth-order valence-corrected chi connectivity index (χ4v) is 2.74. The van der Waals surface area contributed by atoms with Crippen LogP contribution in [0.25, 0.3) is 0 Å². The van der Waals surface area contributed by atoms with E-state index >= 15 is 0 Å². The van der Waals surface area contributed by atoms with Gasteiger partial charge in [-0.05, 0) is 24.6 Å². The first kappa shape index (κ1) is 12.6. The summed E-state index contributed by atoms with van der Waals surface area (Å²) in [7, 11) is 0. The third kappa shape index (κ3) is 2.05. The van der Waals surface area contributed by atoms with Gasteiger partial charge < -0.3 is 0 Å². The van der Waals surface area contributed by atoms with Gasteiger partial charge in [-0.3, -0.25) is 19.3 Å². The molecule has 98 valence electrons. The Balaban J connectivity index is 1.80. The van der Waals surface area contributed by atoms with Crippen molar-refractivity contribution in [3.05, 3.63) is 33.8 Å². The predicted octanol–water partition coefficient (Wildman–Crippen LogP) is 2.18. The van der Waals surface area contributed by atoms with E-state index in [-0.39, 0.29) is 46.6 Å². The molecule has 0 radical (unpaired) electrons. The number of hydrogen-bond donors (Lipinski definition) is 0. The Kier molecular flexibility index (Phi) is 2.87. The third-order valence-electron chi connectivity index (χ3n) is 3.49. The maximum absolute atomic E-state index is 12.1. The molecule has 6 heteroatoms. The average Bonchev–Trinajstić information content (AvgIpc) is 3.13. The van der Waals surface area contributed by atoms with E-state index in [4.69, 9.17) is 23.2 Å². The topological polar surface area (TPSA) is 54.5 Å². The monoisotopic (exact) mass is 297 g/mol. The summed E-state index contributed by atoms with van der Waals surface area (Å²) in [5, 5.41) is 0.647. The molecule has 0 spiro atoms. The van der Waals surface area contributed by atoms with Crippen molar-refractivity contribution in [2.24, 2.45) is 11.8 Å². The van der Waals surface area contributed by atoms with Crippen LogP contribution < -0.4 is 0 Å². The Morgan fingerprint density at radius 2 is 1.84 bits per heavy atom. The molecule has 2 amide bonds. The molecule has 1 heterocycles. The second-order valence-electron chi connectivity index (χ2n) is 4.76. The molecule has 2 fully saturated rings. The number of likely N-dealkylation sites (tertiary alicyclic amines) is 1. The summed E-state index contributed by atoms with van der Waals surface area (Å²) in [6, 6.07) is 4.53. The van der Waals surface area contributed by atoms with Gasteiger partial charge in [0.05, 0.1) is 23.4 Å². The van der Waals surface area contributed by atoms with Crippen molar-refractivity contribution >= 4 is 40.8 Å². The molecule has 0 bridgehead atoms. The molecule has 1 saturated heterocycles. The van der Waals surface area contributed by atoms with Crippen LogP contribution in [0.3, 0.4) is 0 Å². The van der Waals surface area contributed by atoms with Crippen molar-refractivity contribution in [2.75, 3.05) is 6.54 Å². The summed E-state index contributed by atoms with van der Waals surface area (Å²) in [5.41, 5.74) is 0.232. The Morgan fingerprint density at radius 3 is 2.47 bits per heavy atom. The van der Waals surface area contributed by atoms with Gasteiger partial charge in [-0.1, -0.05) is 23.2 Å². The molecular weight excluding hydrogens is 289 g/mol. The van der Waals surface area contributed by atoms with Crippen LogP contribution in [0.2, 0.25) is 10.0 Å². The summed E-state index contributed by atoms with van der Waals surface area (Å²) in [5.74, 6) is -1.27. The SMILES string of the molecule is O=C(CN1C(=O)C2CC2C1=O)c1cc(Cl)ccc1Cl. The maximum atomic E-state index is 12.1. The van der Waals surface area contributed by atoms with Crippen LogP contribution in [-0.2, 0) is 9.59 Å². The largest absolute Gasteiger partial charge is 0.292 e. The molecule has 1 saturated carbocycles. The first-order valence-electron chi connectivity index (χ1n) is 5.82. The van der Waals surface area contributed by atoms with E-state index in [1.54, 1.807) is 6.07 Å². The van der Waals surface area contributed by atoms with Gasteiger partial charge in [0.1, 0.15) is 0 Å². The summed E-state index contributed by atoms with van der Waals surface area (Å²) < 4.78 is 0. The zero-order chi connectivity index (χ0) is 13.7. The maximum Gasteiger partial charge on any atom is 0.233 e. The molecule has 2 atom stereocenters. The van der Waals surface area contributed by atoms with E-state index < -0.39 is 0 Å². The van der Waals surface area contributed by atoms with E-state index in [0.29, 0.717) is 11.4 Å². The van der Waals surface area contributed by atoms with Gasteiger partial charge in [-0.2, -0.15) is 0 Å². The lowest BCUT2D eigenvalue weighted by Gasteiger charge is -2.15. The van der Waals surface area contributed by atoms with E-state index in [9.17, 15) is 14.4 Å². The van der Waals surface area contributed by atoms with Gasteiger partial charge in [-0.15, -0.1) is 0 Å². The van der Waals surface area contributed by atoms with E-state index in [0.717, 1.165) is 4.90 Å². The minimum Gasteiger partial charge on any atom is -0.292 e. The minimum atomic E-state index is -0.379. The number of Topliss-reactive ketones (excluding diaryl/α,β-unsaturated/α-hetero) is 1. The summed E-state index contributed by atoms with van der Waals surface area (Å²) in [4.78, 5) is 36.7. The summed E-state index contributed by atoms with van der Waals surface area (Å²) >= 11 is 11.7. The molecule has 1 aromatic carbocycles. The van der Waals surface area contributed by atoms with Gasteiger partial charge in [0, 0.05) is 10.6 Å². The number of fused-ring (bicyclic) bond motifs is 1.